The molecule has 2 rings (SSSR count). The first-order valence-corrected chi connectivity index (χ1v) is 5.29. The topological polar surface area (TPSA) is 0 Å². The van der Waals surface area contributed by atoms with Gasteiger partial charge < -0.3 is 0 Å². The first-order chi connectivity index (χ1) is 5.95. The Morgan fingerprint density at radius 1 is 1.17 bits per heavy atom. The van der Waals surface area contributed by atoms with Crippen molar-refractivity contribution in [3.63, 3.8) is 0 Å². The van der Waals surface area contributed by atoms with Gasteiger partial charge in [0.15, 0.2) is 0 Å². The lowest BCUT2D eigenvalue weighted by Gasteiger charge is -2.00. The predicted octanol–water partition coefficient (Wildman–Crippen LogP) is 3.25. The van der Waals surface area contributed by atoms with Gasteiger partial charge in [-0.05, 0) is 16.9 Å². The molecular weight excluding hydrogens is 164 g/mol. The second kappa shape index (κ2) is 3.81. The Kier molecular flexibility index (Phi) is 2.52. The fraction of sp³-hybridized carbons (Fsp3) is 0.273. The molecule has 0 atom stereocenters. The van der Waals surface area contributed by atoms with E-state index in [0.29, 0.717) is 0 Å². The Hall–Kier alpha value is -0.690. The van der Waals surface area contributed by atoms with Crippen LogP contribution in [0.1, 0.15) is 12.0 Å². The first kappa shape index (κ1) is 7.93. The van der Waals surface area contributed by atoms with E-state index < -0.39 is 0 Å². The van der Waals surface area contributed by atoms with Crippen molar-refractivity contribution in [1.29, 1.82) is 0 Å². The summed E-state index contributed by atoms with van der Waals surface area (Å²) < 4.78 is 0. The summed E-state index contributed by atoms with van der Waals surface area (Å²) in [4.78, 5) is 1.54. The van der Waals surface area contributed by atoms with E-state index in [2.05, 4.69) is 36.4 Å². The molecule has 1 aliphatic heterocycles. The highest BCUT2D eigenvalue weighted by Crippen LogP contribution is 2.27. The molecule has 0 unspecified atom stereocenters. The molecule has 0 bridgehead atoms. The first-order valence-electron chi connectivity index (χ1n) is 4.31. The summed E-state index contributed by atoms with van der Waals surface area (Å²) in [6.07, 6.45) is 4.75. The summed E-state index contributed by atoms with van der Waals surface area (Å²) in [5.41, 5.74) is 1.43. The van der Waals surface area contributed by atoms with Crippen molar-refractivity contribution in [1.82, 2.24) is 0 Å². The molecule has 1 aliphatic rings. The van der Waals surface area contributed by atoms with Gasteiger partial charge in [0.2, 0.25) is 0 Å². The molecule has 0 spiro atoms. The van der Waals surface area contributed by atoms with Gasteiger partial charge in [0, 0.05) is 12.2 Å². The molecule has 0 amide bonds. The summed E-state index contributed by atoms with van der Waals surface area (Å²) in [7, 11) is 0. The van der Waals surface area contributed by atoms with Gasteiger partial charge in [0.25, 0.3) is 0 Å². The zero-order valence-corrected chi connectivity index (χ0v) is 7.81. The number of rotatable bonds is 2. The Labute approximate surface area is 77.7 Å². The van der Waals surface area contributed by atoms with Crippen LogP contribution < -0.4 is 0 Å². The molecule has 62 valence electrons. The van der Waals surface area contributed by atoms with E-state index in [1.807, 2.05) is 11.8 Å². The molecule has 12 heavy (non-hydrogen) atoms. The van der Waals surface area contributed by atoms with Crippen molar-refractivity contribution < 1.29 is 0 Å². The van der Waals surface area contributed by atoms with Crippen LogP contribution in [0.2, 0.25) is 0 Å². The van der Waals surface area contributed by atoms with Gasteiger partial charge in [-0.15, -0.1) is 11.8 Å². The molecule has 0 radical (unpaired) electrons. The third-order valence-corrected chi connectivity index (χ3v) is 3.12. The molecule has 0 aromatic heterocycles. The average Bonchev–Trinajstić information content (AvgIpc) is 2.59. The van der Waals surface area contributed by atoms with Gasteiger partial charge in [-0.3, -0.25) is 0 Å². The molecule has 0 saturated heterocycles. The van der Waals surface area contributed by atoms with Crippen LogP contribution in [0.15, 0.2) is 41.3 Å². The molecule has 1 aromatic carbocycles. The average molecular weight is 176 g/mol. The molecule has 0 fully saturated rings. The van der Waals surface area contributed by atoms with Gasteiger partial charge in [-0.2, -0.15) is 0 Å². The second-order valence-corrected chi connectivity index (χ2v) is 4.19. The molecule has 0 saturated carbocycles. The highest BCUT2D eigenvalue weighted by molar-refractivity contribution is 8.03. The van der Waals surface area contributed by atoms with Crippen LogP contribution in [-0.2, 0) is 6.42 Å². The van der Waals surface area contributed by atoms with Crippen molar-refractivity contribution in [2.45, 2.75) is 12.8 Å². The van der Waals surface area contributed by atoms with Gasteiger partial charge in [0.1, 0.15) is 0 Å². The third kappa shape index (κ3) is 1.92. The van der Waals surface area contributed by atoms with Gasteiger partial charge in [-0.1, -0.05) is 36.4 Å². The zero-order chi connectivity index (χ0) is 8.23. The minimum Gasteiger partial charge on any atom is -0.130 e. The van der Waals surface area contributed by atoms with Gasteiger partial charge in [-0.25, -0.2) is 0 Å². The molecule has 1 heterocycles. The number of allylic oxidation sites excluding steroid dienone is 2. The lowest BCUT2D eigenvalue weighted by atomic mass is 10.1. The van der Waals surface area contributed by atoms with Crippen LogP contribution in [-0.4, -0.2) is 5.75 Å². The summed E-state index contributed by atoms with van der Waals surface area (Å²) >= 11 is 2.00. The maximum Gasteiger partial charge on any atom is 0.00312 e. The largest absolute Gasteiger partial charge is 0.130 e. The van der Waals surface area contributed by atoms with Crippen LogP contribution in [0.25, 0.3) is 0 Å². The lowest BCUT2D eigenvalue weighted by Crippen LogP contribution is -1.83. The van der Waals surface area contributed by atoms with E-state index in [4.69, 9.17) is 0 Å². The summed E-state index contributed by atoms with van der Waals surface area (Å²) in [5.74, 6) is 1.28. The normalized spacial score (nSPS) is 16.2. The second-order valence-electron chi connectivity index (χ2n) is 2.97. The number of benzene rings is 1. The maximum atomic E-state index is 2.36. The quantitative estimate of drug-likeness (QED) is 0.666. The van der Waals surface area contributed by atoms with Crippen molar-refractivity contribution in [3.05, 3.63) is 46.9 Å². The zero-order valence-electron chi connectivity index (χ0n) is 6.99. The summed E-state index contributed by atoms with van der Waals surface area (Å²) in [5, 5.41) is 0. The van der Waals surface area contributed by atoms with Crippen LogP contribution >= 0.6 is 11.8 Å². The monoisotopic (exact) mass is 176 g/mol. The number of thioether (sulfide) groups is 1. The Bertz CT molecular complexity index is 274. The Morgan fingerprint density at radius 2 is 2.00 bits per heavy atom. The van der Waals surface area contributed by atoms with Crippen LogP contribution in [0.3, 0.4) is 0 Å². The summed E-state index contributed by atoms with van der Waals surface area (Å²) in [6, 6.07) is 10.7. The van der Waals surface area contributed by atoms with Crippen molar-refractivity contribution in [3.8, 4) is 0 Å². The molecule has 1 heteroatoms. The highest BCUT2D eigenvalue weighted by Gasteiger charge is 2.04. The van der Waals surface area contributed by atoms with E-state index in [1.165, 1.54) is 17.7 Å². The fourth-order valence-electron chi connectivity index (χ4n) is 1.39. The van der Waals surface area contributed by atoms with E-state index in [0.717, 1.165) is 6.42 Å². The molecule has 0 aliphatic carbocycles. The summed E-state index contributed by atoms with van der Waals surface area (Å²) in [6.45, 7) is 0. The Balaban J connectivity index is 2.04. The van der Waals surface area contributed by atoms with Crippen LogP contribution in [0.4, 0.5) is 0 Å². The highest BCUT2D eigenvalue weighted by atomic mass is 32.2. The van der Waals surface area contributed by atoms with Crippen molar-refractivity contribution in [2.75, 3.05) is 5.75 Å². The van der Waals surface area contributed by atoms with E-state index in [9.17, 15) is 0 Å². The van der Waals surface area contributed by atoms with Crippen molar-refractivity contribution >= 4 is 11.8 Å². The van der Waals surface area contributed by atoms with Crippen LogP contribution in [0.5, 0.6) is 0 Å². The van der Waals surface area contributed by atoms with E-state index in [-0.39, 0.29) is 0 Å². The third-order valence-electron chi connectivity index (χ3n) is 2.00. The fourth-order valence-corrected chi connectivity index (χ4v) is 2.39. The van der Waals surface area contributed by atoms with E-state index in [1.54, 1.807) is 4.91 Å². The minimum absolute atomic E-state index is 1.13. The van der Waals surface area contributed by atoms with Gasteiger partial charge >= 0.3 is 0 Å². The predicted molar refractivity (Wildman–Crippen MR) is 55.3 cm³/mol. The SMILES string of the molecule is C1=C(Cc2ccccc2)SCC1. The van der Waals surface area contributed by atoms with Crippen molar-refractivity contribution in [2.24, 2.45) is 0 Å². The maximum absolute atomic E-state index is 2.36. The van der Waals surface area contributed by atoms with E-state index >= 15 is 0 Å². The Morgan fingerprint density at radius 3 is 2.67 bits per heavy atom. The molecule has 1 aromatic rings. The number of hydrogen-bond acceptors (Lipinski definition) is 1. The molecule has 0 nitrogen and oxygen atoms in total. The molecule has 0 N–H and O–H groups in total. The number of hydrogen-bond donors (Lipinski definition) is 0. The smallest absolute Gasteiger partial charge is 0.00312 e. The standard InChI is InChI=1S/C11H12S/c1-2-5-10(6-3-1)9-11-7-4-8-12-11/h1-3,5-7H,4,8-9H2. The van der Waals surface area contributed by atoms with Crippen LogP contribution in [0, 0.1) is 0 Å². The minimum atomic E-state index is 1.13. The lowest BCUT2D eigenvalue weighted by molar-refractivity contribution is 1.21. The molecular formula is C11H12S. The van der Waals surface area contributed by atoms with Gasteiger partial charge in [0.05, 0.1) is 0 Å².